The van der Waals surface area contributed by atoms with Gasteiger partial charge in [-0.15, -0.1) is 0 Å². The van der Waals surface area contributed by atoms with Crippen LogP contribution in [0.1, 0.15) is 12.8 Å². The lowest BCUT2D eigenvalue weighted by Gasteiger charge is -2.38. The van der Waals surface area contributed by atoms with E-state index in [1.54, 1.807) is 0 Å². The summed E-state index contributed by atoms with van der Waals surface area (Å²) in [4.78, 5) is 11.4. The largest absolute Gasteiger partial charge is 0.464 e. The van der Waals surface area contributed by atoms with Gasteiger partial charge >= 0.3 is 0 Å². The van der Waals surface area contributed by atoms with Crippen molar-refractivity contribution in [2.75, 3.05) is 31.7 Å². The summed E-state index contributed by atoms with van der Waals surface area (Å²) in [7, 11) is 0. The van der Waals surface area contributed by atoms with Crippen molar-refractivity contribution in [3.8, 4) is 11.5 Å². The zero-order valence-corrected chi connectivity index (χ0v) is 17.1. The third kappa shape index (κ3) is 3.90. The predicted octanol–water partition coefficient (Wildman–Crippen LogP) is 4.88. The van der Waals surface area contributed by atoms with Crippen LogP contribution in [0.4, 0.5) is 14.5 Å². The maximum Gasteiger partial charge on any atom is 0.289 e. The van der Waals surface area contributed by atoms with Gasteiger partial charge in [-0.05, 0) is 18.9 Å². The molecule has 2 N–H and O–H groups in total. The van der Waals surface area contributed by atoms with Gasteiger partial charge in [0.05, 0.1) is 23.6 Å². The number of nitrogens with one attached hydrogen (secondary N) is 2. The molecule has 5 rings (SSSR count). The Morgan fingerprint density at radius 3 is 2.68 bits per heavy atom. The molecule has 1 spiro atoms. The number of rotatable bonds is 3. The van der Waals surface area contributed by atoms with Crippen molar-refractivity contribution in [2.45, 2.75) is 12.8 Å². The van der Waals surface area contributed by atoms with Crippen molar-refractivity contribution in [1.29, 1.82) is 0 Å². The van der Waals surface area contributed by atoms with E-state index in [0.717, 1.165) is 25.0 Å². The first-order valence-corrected chi connectivity index (χ1v) is 10.2. The molecule has 0 radical (unpaired) electrons. The van der Waals surface area contributed by atoms with Crippen LogP contribution in [0.3, 0.4) is 0 Å². The van der Waals surface area contributed by atoms with E-state index < -0.39 is 17.4 Å². The fourth-order valence-corrected chi connectivity index (χ4v) is 4.01. The number of aliphatic imine (C=N–C) groups is 1. The van der Waals surface area contributed by atoms with E-state index >= 15 is 0 Å². The van der Waals surface area contributed by atoms with Crippen molar-refractivity contribution in [2.24, 2.45) is 10.4 Å². The average molecular weight is 449 g/mol. The number of hydrogen-bond acceptors (Lipinski definition) is 6. The van der Waals surface area contributed by atoms with Gasteiger partial charge in [-0.2, -0.15) is 0 Å². The average Bonchev–Trinajstić information content (AvgIpc) is 3.15. The maximum atomic E-state index is 14.7. The van der Waals surface area contributed by atoms with Gasteiger partial charge in [-0.3, -0.25) is 0 Å². The molecule has 4 heterocycles. The minimum Gasteiger partial charge on any atom is -0.464 e. The highest BCUT2D eigenvalue weighted by Crippen LogP contribution is 2.37. The number of benzene rings is 1. The van der Waals surface area contributed by atoms with E-state index in [-0.39, 0.29) is 22.9 Å². The molecule has 0 saturated carbocycles. The third-order valence-corrected chi connectivity index (χ3v) is 5.87. The molecule has 2 aromatic heterocycles. The molecular formula is C21H19ClF2N4O3. The van der Waals surface area contributed by atoms with E-state index in [0.29, 0.717) is 42.4 Å². The normalized spacial score (nSPS) is 18.0. The van der Waals surface area contributed by atoms with E-state index in [2.05, 4.69) is 20.3 Å². The SMILES string of the molecule is Fc1cc(NC2=NCC3(CCOCC3)CO2)cc(F)c1Oc1ccnc2[nH]cc(Cl)c12. The summed E-state index contributed by atoms with van der Waals surface area (Å²) in [5.74, 6) is -2.10. The summed E-state index contributed by atoms with van der Waals surface area (Å²) >= 11 is 6.13. The first-order chi connectivity index (χ1) is 15.0. The van der Waals surface area contributed by atoms with Crippen LogP contribution in [-0.2, 0) is 9.47 Å². The van der Waals surface area contributed by atoms with Gasteiger partial charge in [-0.1, -0.05) is 11.6 Å². The molecule has 2 aliphatic heterocycles. The molecule has 31 heavy (non-hydrogen) atoms. The van der Waals surface area contributed by atoms with Crippen molar-refractivity contribution in [3.63, 3.8) is 0 Å². The number of nitrogens with zero attached hydrogens (tertiary/aromatic N) is 2. The Bertz CT molecular complexity index is 1140. The van der Waals surface area contributed by atoms with Gasteiger partial charge in [0, 0.05) is 48.8 Å². The van der Waals surface area contributed by atoms with Gasteiger partial charge < -0.3 is 24.5 Å². The minimum absolute atomic E-state index is 0.0208. The van der Waals surface area contributed by atoms with Crippen molar-refractivity contribution < 1.29 is 23.0 Å². The molecule has 1 aromatic carbocycles. The van der Waals surface area contributed by atoms with Crippen LogP contribution in [0.25, 0.3) is 11.0 Å². The second-order valence-electron chi connectivity index (χ2n) is 7.69. The first kappa shape index (κ1) is 20.0. The molecular weight excluding hydrogens is 430 g/mol. The number of anilines is 1. The Morgan fingerprint density at radius 1 is 1.19 bits per heavy atom. The number of hydrogen-bond donors (Lipinski definition) is 2. The fourth-order valence-electron chi connectivity index (χ4n) is 3.77. The lowest BCUT2D eigenvalue weighted by Crippen LogP contribution is -2.42. The number of ether oxygens (including phenoxy) is 3. The summed E-state index contributed by atoms with van der Waals surface area (Å²) in [6, 6.07) is 3.98. The topological polar surface area (TPSA) is 80.8 Å². The molecule has 1 saturated heterocycles. The second-order valence-corrected chi connectivity index (χ2v) is 8.10. The van der Waals surface area contributed by atoms with E-state index in [1.807, 2.05) is 0 Å². The Hall–Kier alpha value is -2.91. The van der Waals surface area contributed by atoms with Gasteiger partial charge in [0.1, 0.15) is 11.4 Å². The number of H-pyrrole nitrogens is 1. The quantitative estimate of drug-likeness (QED) is 0.596. The highest BCUT2D eigenvalue weighted by atomic mass is 35.5. The van der Waals surface area contributed by atoms with Gasteiger partial charge in [-0.25, -0.2) is 18.8 Å². The molecule has 0 atom stereocenters. The van der Waals surface area contributed by atoms with E-state index in [1.165, 1.54) is 18.5 Å². The van der Waals surface area contributed by atoms with Crippen molar-refractivity contribution in [1.82, 2.24) is 9.97 Å². The van der Waals surface area contributed by atoms with Crippen LogP contribution >= 0.6 is 11.6 Å². The Kier molecular flexibility index (Phi) is 5.15. The summed E-state index contributed by atoms with van der Waals surface area (Å²) in [6.07, 6.45) is 4.75. The van der Waals surface area contributed by atoms with Gasteiger partial charge in [0.25, 0.3) is 6.02 Å². The van der Waals surface area contributed by atoms with Gasteiger partial charge in [0.2, 0.25) is 0 Å². The Morgan fingerprint density at radius 2 is 1.97 bits per heavy atom. The Balaban J connectivity index is 1.34. The molecule has 1 fully saturated rings. The first-order valence-electron chi connectivity index (χ1n) is 9.84. The van der Waals surface area contributed by atoms with Crippen LogP contribution < -0.4 is 10.1 Å². The number of aromatic amines is 1. The molecule has 0 bridgehead atoms. The van der Waals surface area contributed by atoms with Crippen LogP contribution in [0.5, 0.6) is 11.5 Å². The second kappa shape index (κ2) is 7.97. The number of aromatic nitrogens is 2. The zero-order valence-electron chi connectivity index (χ0n) is 16.4. The maximum absolute atomic E-state index is 14.7. The molecule has 7 nitrogen and oxygen atoms in total. The molecule has 0 amide bonds. The molecule has 10 heteroatoms. The number of pyridine rings is 1. The number of amidine groups is 1. The third-order valence-electron chi connectivity index (χ3n) is 5.58. The van der Waals surface area contributed by atoms with E-state index in [4.69, 9.17) is 25.8 Å². The highest BCUT2D eigenvalue weighted by Gasteiger charge is 2.36. The van der Waals surface area contributed by atoms with Gasteiger partial charge in [0.15, 0.2) is 17.4 Å². The number of halogens is 3. The zero-order chi connectivity index (χ0) is 21.4. The molecule has 0 unspecified atom stereocenters. The minimum atomic E-state index is -0.878. The van der Waals surface area contributed by atoms with Crippen molar-refractivity contribution in [3.05, 3.63) is 47.2 Å². The van der Waals surface area contributed by atoms with Crippen LogP contribution in [-0.4, -0.2) is 42.4 Å². The lowest BCUT2D eigenvalue weighted by molar-refractivity contribution is -0.0141. The van der Waals surface area contributed by atoms with Crippen LogP contribution in [0, 0.1) is 17.0 Å². The summed E-state index contributed by atoms with van der Waals surface area (Å²) in [5, 5.41) is 3.62. The lowest BCUT2D eigenvalue weighted by atomic mass is 9.81. The molecule has 162 valence electrons. The fraction of sp³-hybridized carbons (Fsp3) is 0.333. The summed E-state index contributed by atoms with van der Waals surface area (Å²) < 4.78 is 46.0. The standard InChI is InChI=1S/C21H19ClF2N4O3/c22-13-9-26-19-17(13)16(1-4-25-19)31-18-14(23)7-12(8-15(18)24)28-20-27-10-21(11-30-20)2-5-29-6-3-21/h1,4,7-9H,2-3,5-6,10-11H2,(H,25,26)(H,27,28). The van der Waals surface area contributed by atoms with Crippen molar-refractivity contribution >= 4 is 34.3 Å². The van der Waals surface area contributed by atoms with Crippen LogP contribution in [0.15, 0.2) is 35.6 Å². The Labute approximate surface area is 181 Å². The summed E-state index contributed by atoms with van der Waals surface area (Å²) in [5.41, 5.74) is 0.604. The molecule has 3 aromatic rings. The van der Waals surface area contributed by atoms with Crippen LogP contribution in [0.2, 0.25) is 5.02 Å². The smallest absolute Gasteiger partial charge is 0.289 e. The van der Waals surface area contributed by atoms with E-state index in [9.17, 15) is 8.78 Å². The predicted molar refractivity (Wildman–Crippen MR) is 112 cm³/mol. The molecule has 0 aliphatic carbocycles. The number of fused-ring (bicyclic) bond motifs is 1. The summed E-state index contributed by atoms with van der Waals surface area (Å²) in [6.45, 7) is 2.46. The monoisotopic (exact) mass is 448 g/mol. The highest BCUT2D eigenvalue weighted by molar-refractivity contribution is 6.36. The molecule has 2 aliphatic rings.